The molecular weight excluding hydrogens is 452 g/mol. The van der Waals surface area contributed by atoms with Crippen molar-refractivity contribution in [3.8, 4) is 0 Å². The number of halogens is 1. The fourth-order valence-electron chi connectivity index (χ4n) is 3.90. The Kier molecular flexibility index (Phi) is 6.15. The van der Waals surface area contributed by atoms with E-state index in [1.165, 1.54) is 18.2 Å². The quantitative estimate of drug-likeness (QED) is 0.729. The van der Waals surface area contributed by atoms with Crippen molar-refractivity contribution in [1.82, 2.24) is 4.90 Å². The maximum absolute atomic E-state index is 12.8. The first kappa shape index (κ1) is 22.6. The Bertz CT molecular complexity index is 1150. The predicted octanol–water partition coefficient (Wildman–Crippen LogP) is 2.66. The highest BCUT2D eigenvalue weighted by molar-refractivity contribution is 7.94. The van der Waals surface area contributed by atoms with Crippen molar-refractivity contribution >= 4 is 50.5 Å². The molecule has 170 valence electrons. The van der Waals surface area contributed by atoms with Gasteiger partial charge in [0.25, 0.3) is 5.91 Å². The average Bonchev–Trinajstić information content (AvgIpc) is 2.96. The van der Waals surface area contributed by atoms with E-state index in [-0.39, 0.29) is 22.0 Å². The fourth-order valence-corrected chi connectivity index (χ4v) is 5.98. The number of amides is 2. The second-order valence-electron chi connectivity index (χ2n) is 8.24. The SMILES string of the molecule is CC1CS(=O)(=O)N(c2cc(C(=O)Nc3ccc(N4CCN(C)CC4)cc3)ccc2Cl)C1=O. The summed E-state index contributed by atoms with van der Waals surface area (Å²) in [5.74, 6) is -1.92. The molecule has 10 heteroatoms. The zero-order valence-electron chi connectivity index (χ0n) is 17.9. The Balaban J connectivity index is 1.51. The zero-order valence-corrected chi connectivity index (χ0v) is 19.5. The molecule has 2 heterocycles. The molecule has 2 aliphatic rings. The van der Waals surface area contributed by atoms with Crippen LogP contribution >= 0.6 is 11.6 Å². The molecule has 1 atom stereocenters. The van der Waals surface area contributed by atoms with Gasteiger partial charge < -0.3 is 15.1 Å². The topological polar surface area (TPSA) is 90.0 Å². The summed E-state index contributed by atoms with van der Waals surface area (Å²) in [5.41, 5.74) is 1.91. The minimum absolute atomic E-state index is 0.000851. The van der Waals surface area contributed by atoms with E-state index in [9.17, 15) is 18.0 Å². The van der Waals surface area contributed by atoms with Gasteiger partial charge in [0.15, 0.2) is 0 Å². The number of carbonyl (C=O) groups excluding carboxylic acids is 2. The molecule has 0 aliphatic carbocycles. The molecule has 0 spiro atoms. The van der Waals surface area contributed by atoms with Crippen LogP contribution in [0.15, 0.2) is 42.5 Å². The normalized spacial score (nSPS) is 21.1. The van der Waals surface area contributed by atoms with Crippen molar-refractivity contribution in [1.29, 1.82) is 0 Å². The molecule has 0 aromatic heterocycles. The van der Waals surface area contributed by atoms with Crippen LogP contribution in [0.3, 0.4) is 0 Å². The summed E-state index contributed by atoms with van der Waals surface area (Å²) in [5, 5.41) is 2.90. The summed E-state index contributed by atoms with van der Waals surface area (Å²) in [4.78, 5) is 29.8. The van der Waals surface area contributed by atoms with Crippen LogP contribution in [0.1, 0.15) is 17.3 Å². The monoisotopic (exact) mass is 476 g/mol. The number of hydrogen-bond acceptors (Lipinski definition) is 6. The van der Waals surface area contributed by atoms with Gasteiger partial charge in [0.05, 0.1) is 22.4 Å². The summed E-state index contributed by atoms with van der Waals surface area (Å²) in [6, 6.07) is 11.8. The molecular formula is C22H25ClN4O4S. The van der Waals surface area contributed by atoms with Crippen LogP contribution in [0, 0.1) is 5.92 Å². The van der Waals surface area contributed by atoms with E-state index in [0.717, 1.165) is 31.9 Å². The first-order valence-corrected chi connectivity index (χ1v) is 12.4. The van der Waals surface area contributed by atoms with Crippen LogP contribution in [0.5, 0.6) is 0 Å². The highest BCUT2D eigenvalue weighted by Gasteiger charge is 2.43. The third kappa shape index (κ3) is 4.46. The molecule has 0 saturated carbocycles. The van der Waals surface area contributed by atoms with E-state index < -0.39 is 27.8 Å². The number of piperazine rings is 1. The zero-order chi connectivity index (χ0) is 23.0. The van der Waals surface area contributed by atoms with Crippen LogP contribution in [0.4, 0.5) is 17.1 Å². The standard InChI is InChI=1S/C22H25ClN4O4S/c1-15-14-32(30,31)27(22(15)29)20-13-16(3-8-19(20)23)21(28)24-17-4-6-18(7-5-17)26-11-9-25(2)10-12-26/h3-8,13,15H,9-12,14H2,1-2H3,(H,24,28). The second-order valence-corrected chi connectivity index (χ2v) is 10.5. The van der Waals surface area contributed by atoms with E-state index in [2.05, 4.69) is 22.2 Å². The smallest absolute Gasteiger partial charge is 0.255 e. The Morgan fingerprint density at radius 1 is 1.06 bits per heavy atom. The van der Waals surface area contributed by atoms with E-state index >= 15 is 0 Å². The van der Waals surface area contributed by atoms with Gasteiger partial charge in [0, 0.05) is 43.1 Å². The third-order valence-electron chi connectivity index (χ3n) is 5.78. The number of nitrogens with zero attached hydrogens (tertiary/aromatic N) is 3. The fraction of sp³-hybridized carbons (Fsp3) is 0.364. The molecule has 2 fully saturated rings. The largest absolute Gasteiger partial charge is 0.369 e. The van der Waals surface area contributed by atoms with Gasteiger partial charge in [-0.3, -0.25) is 9.59 Å². The molecule has 0 bridgehead atoms. The Labute approximate surface area is 192 Å². The van der Waals surface area contributed by atoms with E-state index in [0.29, 0.717) is 9.99 Å². The number of anilines is 3. The van der Waals surface area contributed by atoms with Crippen LogP contribution in [0.2, 0.25) is 5.02 Å². The summed E-state index contributed by atoms with van der Waals surface area (Å²) in [7, 11) is -1.72. The number of sulfonamides is 1. The molecule has 32 heavy (non-hydrogen) atoms. The van der Waals surface area contributed by atoms with Crippen LogP contribution in [-0.2, 0) is 14.8 Å². The number of carbonyl (C=O) groups is 2. The van der Waals surface area contributed by atoms with Gasteiger partial charge in [-0.2, -0.15) is 0 Å². The van der Waals surface area contributed by atoms with E-state index in [4.69, 9.17) is 11.6 Å². The van der Waals surface area contributed by atoms with Gasteiger partial charge >= 0.3 is 0 Å². The van der Waals surface area contributed by atoms with Gasteiger partial charge in [0.2, 0.25) is 15.9 Å². The molecule has 2 amide bonds. The van der Waals surface area contributed by atoms with Gasteiger partial charge in [-0.25, -0.2) is 12.7 Å². The predicted molar refractivity (Wildman–Crippen MR) is 126 cm³/mol. The number of likely N-dealkylation sites (N-methyl/N-ethyl adjacent to an activating group) is 1. The first-order valence-electron chi connectivity index (χ1n) is 10.4. The molecule has 4 rings (SSSR count). The lowest BCUT2D eigenvalue weighted by Crippen LogP contribution is -2.44. The molecule has 1 N–H and O–H groups in total. The van der Waals surface area contributed by atoms with Gasteiger partial charge in [-0.05, 0) is 49.5 Å². The first-order chi connectivity index (χ1) is 15.2. The molecule has 8 nitrogen and oxygen atoms in total. The van der Waals surface area contributed by atoms with Gasteiger partial charge in [-0.1, -0.05) is 18.5 Å². The van der Waals surface area contributed by atoms with E-state index in [1.807, 2.05) is 24.3 Å². The second kappa shape index (κ2) is 8.73. The number of hydrogen-bond donors (Lipinski definition) is 1. The van der Waals surface area contributed by atoms with E-state index in [1.54, 1.807) is 6.92 Å². The molecule has 1 unspecified atom stereocenters. The van der Waals surface area contributed by atoms with Crippen LogP contribution in [0.25, 0.3) is 0 Å². The molecule has 2 aromatic rings. The lowest BCUT2D eigenvalue weighted by molar-refractivity contribution is -0.119. The minimum atomic E-state index is -3.82. The molecule has 0 radical (unpaired) electrons. The lowest BCUT2D eigenvalue weighted by Gasteiger charge is -2.34. The van der Waals surface area contributed by atoms with Crippen molar-refractivity contribution < 1.29 is 18.0 Å². The number of nitrogens with one attached hydrogen (secondary N) is 1. The Morgan fingerprint density at radius 3 is 2.31 bits per heavy atom. The van der Waals surface area contributed by atoms with Crippen molar-refractivity contribution in [2.75, 3.05) is 53.5 Å². The molecule has 2 aromatic carbocycles. The number of rotatable bonds is 4. The van der Waals surface area contributed by atoms with Crippen molar-refractivity contribution in [2.45, 2.75) is 6.92 Å². The van der Waals surface area contributed by atoms with Crippen LogP contribution < -0.4 is 14.5 Å². The Hall–Kier alpha value is -2.62. The van der Waals surface area contributed by atoms with Crippen molar-refractivity contribution in [3.63, 3.8) is 0 Å². The van der Waals surface area contributed by atoms with Crippen LogP contribution in [-0.4, -0.2) is 64.1 Å². The number of benzene rings is 2. The average molecular weight is 477 g/mol. The van der Waals surface area contributed by atoms with Crippen molar-refractivity contribution in [2.24, 2.45) is 5.92 Å². The minimum Gasteiger partial charge on any atom is -0.369 e. The molecule has 2 saturated heterocycles. The summed E-state index contributed by atoms with van der Waals surface area (Å²) in [6.45, 7) is 5.46. The van der Waals surface area contributed by atoms with Gasteiger partial charge in [-0.15, -0.1) is 0 Å². The van der Waals surface area contributed by atoms with Crippen molar-refractivity contribution in [3.05, 3.63) is 53.1 Å². The summed E-state index contributed by atoms with van der Waals surface area (Å²) in [6.07, 6.45) is 0. The third-order valence-corrected chi connectivity index (χ3v) is 7.96. The maximum Gasteiger partial charge on any atom is 0.255 e. The highest BCUT2D eigenvalue weighted by Crippen LogP contribution is 2.34. The summed E-state index contributed by atoms with van der Waals surface area (Å²) < 4.78 is 25.6. The highest BCUT2D eigenvalue weighted by atomic mass is 35.5. The molecule has 2 aliphatic heterocycles. The maximum atomic E-state index is 12.8. The Morgan fingerprint density at radius 2 is 1.72 bits per heavy atom. The summed E-state index contributed by atoms with van der Waals surface area (Å²) >= 11 is 6.18. The van der Waals surface area contributed by atoms with Gasteiger partial charge in [0.1, 0.15) is 0 Å². The lowest BCUT2D eigenvalue weighted by atomic mass is 10.1.